The number of sulfone groups is 2. The van der Waals surface area contributed by atoms with Gasteiger partial charge in [-0.3, -0.25) is 9.11 Å². The molecule has 3 aromatic carbocycles. The molecule has 0 aliphatic carbocycles. The van der Waals surface area contributed by atoms with Crippen LogP contribution >= 0.6 is 0 Å². The van der Waals surface area contributed by atoms with Crippen molar-refractivity contribution < 1.29 is 71.3 Å². The van der Waals surface area contributed by atoms with Crippen LogP contribution in [0.25, 0.3) is 0 Å². The molecule has 0 radical (unpaired) electrons. The first-order valence-corrected chi connectivity index (χ1v) is 18.3. The molecule has 0 aliphatic heterocycles. The average Bonchev–Trinajstić information content (AvgIpc) is 2.95. The first kappa shape index (κ1) is 37.0. The fourth-order valence-corrected chi connectivity index (χ4v) is 6.36. The smallest absolute Gasteiger partial charge is 0.397 e. The third-order valence-electron chi connectivity index (χ3n) is 5.55. The fraction of sp³-hybridized carbons (Fsp3) is 0.174. The van der Waals surface area contributed by atoms with Crippen LogP contribution in [0.2, 0.25) is 0 Å². The number of hydrogen-bond acceptors (Lipinski definition) is 17. The van der Waals surface area contributed by atoms with Gasteiger partial charge in [0.1, 0.15) is 11.4 Å². The van der Waals surface area contributed by atoms with Gasteiger partial charge in [-0.05, 0) is 54.6 Å². The standard InChI is InChI=1S/C23H22N4O16S4/c28-19-13-18(23(30)31)20(26-24-14-1-5-16(6-2-14)44(32,33)11-9-42-46(36,37)38)22(29)21(19)27-25-15-3-7-17(8-4-15)45(34,35)12-10-43-47(39,40)41/h1-8,13,28-29H,9-12H2,(H,30,31)(H,36,37,38)(H,39,40,41). The summed E-state index contributed by atoms with van der Waals surface area (Å²) in [6, 6.07) is 9.58. The van der Waals surface area contributed by atoms with Crippen molar-refractivity contribution in [3.8, 4) is 11.5 Å². The molecule has 0 spiro atoms. The van der Waals surface area contributed by atoms with Crippen molar-refractivity contribution in [3.05, 3.63) is 60.2 Å². The largest absolute Gasteiger partial charge is 0.505 e. The highest BCUT2D eigenvalue weighted by Gasteiger charge is 2.23. The van der Waals surface area contributed by atoms with Gasteiger partial charge in [-0.2, -0.15) is 27.1 Å². The number of carboxylic acid groups (broad SMARTS) is 1. The molecule has 0 heterocycles. The van der Waals surface area contributed by atoms with Gasteiger partial charge in [0.2, 0.25) is 0 Å². The van der Waals surface area contributed by atoms with Gasteiger partial charge in [0.25, 0.3) is 0 Å². The maximum Gasteiger partial charge on any atom is 0.397 e. The Balaban J connectivity index is 1.84. The Morgan fingerprint density at radius 1 is 0.617 bits per heavy atom. The minimum atomic E-state index is -4.85. The van der Waals surface area contributed by atoms with Crippen LogP contribution in [0.5, 0.6) is 11.5 Å². The van der Waals surface area contributed by atoms with Crippen LogP contribution in [0.4, 0.5) is 22.7 Å². The van der Waals surface area contributed by atoms with E-state index in [-0.39, 0.29) is 21.2 Å². The van der Waals surface area contributed by atoms with Gasteiger partial charge in [-0.1, -0.05) is 0 Å². The molecule has 0 saturated heterocycles. The third kappa shape index (κ3) is 10.8. The summed E-state index contributed by atoms with van der Waals surface area (Å²) in [4.78, 5) is 11.2. The van der Waals surface area contributed by atoms with Gasteiger partial charge >= 0.3 is 26.8 Å². The van der Waals surface area contributed by atoms with Crippen LogP contribution in [0.15, 0.2) is 84.8 Å². The lowest BCUT2D eigenvalue weighted by Gasteiger charge is -2.08. The molecule has 0 unspecified atom stereocenters. The first-order valence-electron chi connectivity index (χ1n) is 12.2. The molecule has 0 amide bonds. The number of rotatable bonds is 15. The summed E-state index contributed by atoms with van der Waals surface area (Å²) < 4.78 is 117. The zero-order valence-corrected chi connectivity index (χ0v) is 26.4. The summed E-state index contributed by atoms with van der Waals surface area (Å²) in [5.74, 6) is -5.05. The average molecular weight is 739 g/mol. The maximum atomic E-state index is 12.3. The lowest BCUT2D eigenvalue weighted by molar-refractivity contribution is 0.0696. The number of benzene rings is 3. The van der Waals surface area contributed by atoms with Gasteiger partial charge in [0, 0.05) is 0 Å². The van der Waals surface area contributed by atoms with Crippen molar-refractivity contribution >= 4 is 69.2 Å². The minimum Gasteiger partial charge on any atom is -0.505 e. The molecule has 0 aliphatic rings. The Labute approximate surface area is 266 Å². The van der Waals surface area contributed by atoms with Crippen molar-refractivity contribution in [2.45, 2.75) is 9.79 Å². The van der Waals surface area contributed by atoms with Crippen LogP contribution in [0.3, 0.4) is 0 Å². The molecule has 0 atom stereocenters. The predicted octanol–water partition coefficient (Wildman–Crippen LogP) is 2.81. The predicted molar refractivity (Wildman–Crippen MR) is 157 cm³/mol. The normalized spacial score (nSPS) is 13.0. The number of carboxylic acids is 1. The van der Waals surface area contributed by atoms with E-state index in [0.29, 0.717) is 6.07 Å². The summed E-state index contributed by atoms with van der Waals surface area (Å²) in [5.41, 5.74) is -2.10. The third-order valence-corrected chi connectivity index (χ3v) is 9.87. The van der Waals surface area contributed by atoms with E-state index in [1.54, 1.807) is 0 Å². The highest BCUT2D eigenvalue weighted by Crippen LogP contribution is 2.46. The Morgan fingerprint density at radius 3 is 1.36 bits per heavy atom. The topological polar surface area (TPSA) is 323 Å². The molecule has 0 aromatic heterocycles. The van der Waals surface area contributed by atoms with E-state index in [0.717, 1.165) is 48.5 Å². The van der Waals surface area contributed by atoms with Crippen molar-refractivity contribution in [3.63, 3.8) is 0 Å². The Morgan fingerprint density at radius 2 is 1.00 bits per heavy atom. The molecule has 254 valence electrons. The second kappa shape index (κ2) is 14.6. The van der Waals surface area contributed by atoms with Gasteiger partial charge < -0.3 is 15.3 Å². The number of azo groups is 2. The van der Waals surface area contributed by atoms with Gasteiger partial charge in [0.05, 0.1) is 51.4 Å². The first-order chi connectivity index (χ1) is 21.7. The van der Waals surface area contributed by atoms with E-state index in [9.17, 15) is 53.8 Å². The zero-order valence-electron chi connectivity index (χ0n) is 23.2. The molecule has 3 aromatic rings. The molecule has 47 heavy (non-hydrogen) atoms. The number of hydrogen-bond donors (Lipinski definition) is 5. The van der Waals surface area contributed by atoms with E-state index in [1.807, 2.05) is 0 Å². The number of phenols is 2. The van der Waals surface area contributed by atoms with E-state index in [4.69, 9.17) is 9.11 Å². The van der Waals surface area contributed by atoms with Crippen LogP contribution < -0.4 is 0 Å². The minimum absolute atomic E-state index is 0.0120. The van der Waals surface area contributed by atoms with E-state index >= 15 is 0 Å². The summed E-state index contributed by atoms with van der Waals surface area (Å²) in [6.07, 6.45) is 0. The Hall–Kier alpha value is -4.43. The molecule has 0 bridgehead atoms. The number of nitrogens with zero attached hydrogens (tertiary/aromatic N) is 4. The SMILES string of the molecule is O=C(O)c1cc(O)c(N=Nc2ccc(S(=O)(=O)CCOS(=O)(=O)O)cc2)c(O)c1N=Nc1ccc(S(=O)(=O)CCOS(=O)(=O)O)cc1. The summed E-state index contributed by atoms with van der Waals surface area (Å²) in [6.45, 7) is -1.70. The molecule has 20 nitrogen and oxygen atoms in total. The van der Waals surface area contributed by atoms with Gasteiger partial charge in [-0.15, -0.1) is 10.2 Å². The molecule has 24 heteroatoms. The van der Waals surface area contributed by atoms with Crippen LogP contribution in [-0.2, 0) is 48.8 Å². The van der Waals surface area contributed by atoms with Crippen LogP contribution in [0, 0.1) is 0 Å². The summed E-state index contributed by atoms with van der Waals surface area (Å²) in [5, 5.41) is 45.4. The molecular formula is C23H22N4O16S4. The monoisotopic (exact) mass is 738 g/mol. The fourth-order valence-electron chi connectivity index (χ4n) is 3.39. The molecular weight excluding hydrogens is 717 g/mol. The Bertz CT molecular complexity index is 2150. The van der Waals surface area contributed by atoms with Crippen molar-refractivity contribution in [2.24, 2.45) is 20.5 Å². The van der Waals surface area contributed by atoms with Gasteiger partial charge in [0.15, 0.2) is 31.1 Å². The quantitative estimate of drug-likeness (QED) is 0.110. The van der Waals surface area contributed by atoms with Crippen molar-refractivity contribution in [2.75, 3.05) is 24.7 Å². The van der Waals surface area contributed by atoms with Crippen molar-refractivity contribution in [1.29, 1.82) is 0 Å². The lowest BCUT2D eigenvalue weighted by Crippen LogP contribution is -2.15. The van der Waals surface area contributed by atoms with Crippen molar-refractivity contribution in [1.82, 2.24) is 0 Å². The number of phenolic OH excluding ortho intramolecular Hbond substituents is 2. The van der Waals surface area contributed by atoms with Crippen LogP contribution in [-0.4, -0.2) is 88.8 Å². The number of aromatic carboxylic acids is 1. The highest BCUT2D eigenvalue weighted by atomic mass is 32.3. The number of aromatic hydroxyl groups is 2. The summed E-state index contributed by atoms with van der Waals surface area (Å²) in [7, 11) is -17.8. The van der Waals surface area contributed by atoms with Gasteiger partial charge in [-0.25, -0.2) is 30.0 Å². The second-order valence-electron chi connectivity index (χ2n) is 8.82. The maximum absolute atomic E-state index is 12.3. The number of carbonyl (C=O) groups is 1. The molecule has 5 N–H and O–H groups in total. The van der Waals surface area contributed by atoms with E-state index in [2.05, 4.69) is 28.8 Å². The van der Waals surface area contributed by atoms with Crippen LogP contribution in [0.1, 0.15) is 10.4 Å². The highest BCUT2D eigenvalue weighted by molar-refractivity contribution is 7.91. The Kier molecular flexibility index (Phi) is 11.5. The summed E-state index contributed by atoms with van der Waals surface area (Å²) >= 11 is 0. The molecule has 0 fully saturated rings. The van der Waals surface area contributed by atoms with E-state index < -0.39 is 99.6 Å². The molecule has 3 rings (SSSR count). The molecule has 0 saturated carbocycles. The van der Waals surface area contributed by atoms with E-state index in [1.165, 1.54) is 0 Å². The zero-order chi connectivity index (χ0) is 35.2. The lowest BCUT2D eigenvalue weighted by atomic mass is 10.1. The second-order valence-corrected chi connectivity index (χ2v) is 15.2.